The number of hydrogen-bond donors (Lipinski definition) is 1. The lowest BCUT2D eigenvalue weighted by molar-refractivity contribution is -0.122. The molecule has 6 heteroatoms. The molecule has 1 unspecified atom stereocenters. The van der Waals surface area contributed by atoms with Gasteiger partial charge in [0.2, 0.25) is 11.8 Å². The van der Waals surface area contributed by atoms with Crippen molar-refractivity contribution in [3.8, 4) is 5.75 Å². The van der Waals surface area contributed by atoms with E-state index in [0.29, 0.717) is 23.7 Å². The maximum Gasteiger partial charge on any atom is 0.229 e. The van der Waals surface area contributed by atoms with Crippen LogP contribution >= 0.6 is 0 Å². The van der Waals surface area contributed by atoms with Crippen LogP contribution in [0.2, 0.25) is 0 Å². The van der Waals surface area contributed by atoms with Crippen molar-refractivity contribution in [1.29, 1.82) is 0 Å². The molecule has 0 aliphatic carbocycles. The van der Waals surface area contributed by atoms with Crippen LogP contribution in [0.1, 0.15) is 12.0 Å². The van der Waals surface area contributed by atoms with Gasteiger partial charge < -0.3 is 15.0 Å². The summed E-state index contributed by atoms with van der Waals surface area (Å²) in [4.78, 5) is 30.4. The molecule has 1 fully saturated rings. The molecule has 2 heterocycles. The van der Waals surface area contributed by atoms with Crippen LogP contribution in [0.5, 0.6) is 5.75 Å². The lowest BCUT2D eigenvalue weighted by Crippen LogP contribution is -2.28. The lowest BCUT2D eigenvalue weighted by atomic mass is 10.1. The Labute approximate surface area is 140 Å². The summed E-state index contributed by atoms with van der Waals surface area (Å²) in [6.07, 6.45) is 3.40. The first-order valence-electron chi connectivity index (χ1n) is 7.74. The van der Waals surface area contributed by atoms with Gasteiger partial charge in [-0.3, -0.25) is 14.6 Å². The van der Waals surface area contributed by atoms with Gasteiger partial charge in [-0.05, 0) is 36.8 Å². The van der Waals surface area contributed by atoms with E-state index in [0.717, 1.165) is 5.56 Å². The molecule has 1 aliphatic heterocycles. The number of methoxy groups -OCH3 is 1. The predicted octanol–water partition coefficient (Wildman–Crippen LogP) is 2.39. The maximum absolute atomic E-state index is 12.4. The summed E-state index contributed by atoms with van der Waals surface area (Å²) < 4.78 is 5.35. The average molecular weight is 325 g/mol. The molecule has 1 aromatic heterocycles. The maximum atomic E-state index is 12.4. The van der Waals surface area contributed by atoms with Gasteiger partial charge >= 0.3 is 0 Å². The SMILES string of the molecule is COc1ccc(C)cc1N1CC(C(=O)Nc2cccnc2)CC1=O. The van der Waals surface area contributed by atoms with E-state index in [-0.39, 0.29) is 18.2 Å². The van der Waals surface area contributed by atoms with E-state index in [1.807, 2.05) is 25.1 Å². The van der Waals surface area contributed by atoms with Crippen LogP contribution < -0.4 is 15.0 Å². The number of benzene rings is 1. The smallest absolute Gasteiger partial charge is 0.229 e. The van der Waals surface area contributed by atoms with Gasteiger partial charge in [0.15, 0.2) is 0 Å². The summed E-state index contributed by atoms with van der Waals surface area (Å²) in [6.45, 7) is 2.29. The first kappa shape index (κ1) is 16.0. The molecule has 124 valence electrons. The average Bonchev–Trinajstić information content (AvgIpc) is 2.97. The molecular formula is C18H19N3O3. The summed E-state index contributed by atoms with van der Waals surface area (Å²) in [5.74, 6) is -0.0269. The van der Waals surface area contributed by atoms with Crippen molar-refractivity contribution in [2.45, 2.75) is 13.3 Å². The van der Waals surface area contributed by atoms with E-state index in [2.05, 4.69) is 10.3 Å². The minimum Gasteiger partial charge on any atom is -0.495 e. The van der Waals surface area contributed by atoms with E-state index < -0.39 is 5.92 Å². The van der Waals surface area contributed by atoms with E-state index in [1.165, 1.54) is 0 Å². The molecule has 1 atom stereocenters. The first-order valence-corrected chi connectivity index (χ1v) is 7.74. The number of carbonyl (C=O) groups excluding carboxylic acids is 2. The molecule has 0 saturated carbocycles. The Bertz CT molecular complexity index is 761. The lowest BCUT2D eigenvalue weighted by Gasteiger charge is -2.20. The van der Waals surface area contributed by atoms with Gasteiger partial charge in [-0.2, -0.15) is 0 Å². The summed E-state index contributed by atoms with van der Waals surface area (Å²) in [5, 5.41) is 2.80. The number of nitrogens with one attached hydrogen (secondary N) is 1. The third-order valence-electron chi connectivity index (χ3n) is 4.05. The normalized spacial score (nSPS) is 17.0. The number of rotatable bonds is 4. The quantitative estimate of drug-likeness (QED) is 0.937. The summed E-state index contributed by atoms with van der Waals surface area (Å²) >= 11 is 0. The molecule has 1 saturated heterocycles. The summed E-state index contributed by atoms with van der Waals surface area (Å²) in [6, 6.07) is 9.18. The van der Waals surface area contributed by atoms with Crippen LogP contribution in [-0.2, 0) is 9.59 Å². The van der Waals surface area contributed by atoms with Crippen molar-refractivity contribution in [3.05, 3.63) is 48.3 Å². The second-order valence-corrected chi connectivity index (χ2v) is 5.81. The Morgan fingerprint density at radius 3 is 2.92 bits per heavy atom. The fraction of sp³-hybridized carbons (Fsp3) is 0.278. The number of ether oxygens (including phenoxy) is 1. The van der Waals surface area contributed by atoms with Crippen molar-refractivity contribution < 1.29 is 14.3 Å². The van der Waals surface area contributed by atoms with Crippen LogP contribution in [0.4, 0.5) is 11.4 Å². The predicted molar refractivity (Wildman–Crippen MR) is 91.1 cm³/mol. The Kier molecular flexibility index (Phi) is 4.46. The topological polar surface area (TPSA) is 71.5 Å². The highest BCUT2D eigenvalue weighted by molar-refractivity contribution is 6.04. The van der Waals surface area contributed by atoms with Crippen LogP contribution in [0.15, 0.2) is 42.7 Å². The van der Waals surface area contributed by atoms with Crippen LogP contribution in [0, 0.1) is 12.8 Å². The van der Waals surface area contributed by atoms with Gasteiger partial charge in [0.1, 0.15) is 5.75 Å². The van der Waals surface area contributed by atoms with E-state index in [9.17, 15) is 9.59 Å². The highest BCUT2D eigenvalue weighted by atomic mass is 16.5. The molecule has 0 radical (unpaired) electrons. The van der Waals surface area contributed by atoms with Crippen LogP contribution in [0.3, 0.4) is 0 Å². The second kappa shape index (κ2) is 6.70. The Hall–Kier alpha value is -2.89. The third kappa shape index (κ3) is 3.22. The number of hydrogen-bond acceptors (Lipinski definition) is 4. The number of nitrogens with zero attached hydrogens (tertiary/aromatic N) is 2. The zero-order valence-corrected chi connectivity index (χ0v) is 13.7. The fourth-order valence-electron chi connectivity index (χ4n) is 2.81. The minimum absolute atomic E-state index is 0.0785. The van der Waals surface area contributed by atoms with Gasteiger partial charge in [-0.15, -0.1) is 0 Å². The fourth-order valence-corrected chi connectivity index (χ4v) is 2.81. The molecule has 2 aromatic rings. The van der Waals surface area contributed by atoms with E-state index in [1.54, 1.807) is 36.5 Å². The molecule has 2 amide bonds. The zero-order chi connectivity index (χ0) is 17.1. The van der Waals surface area contributed by atoms with Gasteiger partial charge in [0, 0.05) is 19.2 Å². The van der Waals surface area contributed by atoms with Gasteiger partial charge in [0.05, 0.1) is 30.6 Å². The molecule has 0 spiro atoms. The highest BCUT2D eigenvalue weighted by Crippen LogP contribution is 2.34. The van der Waals surface area contributed by atoms with Crippen molar-refractivity contribution in [1.82, 2.24) is 4.98 Å². The van der Waals surface area contributed by atoms with Crippen molar-refractivity contribution in [2.75, 3.05) is 23.9 Å². The van der Waals surface area contributed by atoms with Crippen molar-refractivity contribution >= 4 is 23.2 Å². The third-order valence-corrected chi connectivity index (χ3v) is 4.05. The van der Waals surface area contributed by atoms with Crippen molar-refractivity contribution in [3.63, 3.8) is 0 Å². The van der Waals surface area contributed by atoms with Gasteiger partial charge in [0.25, 0.3) is 0 Å². The Morgan fingerprint density at radius 2 is 2.21 bits per heavy atom. The van der Waals surface area contributed by atoms with E-state index in [4.69, 9.17) is 4.74 Å². The molecule has 1 aliphatic rings. The van der Waals surface area contributed by atoms with Gasteiger partial charge in [-0.1, -0.05) is 6.07 Å². The molecule has 1 N–H and O–H groups in total. The second-order valence-electron chi connectivity index (χ2n) is 5.81. The van der Waals surface area contributed by atoms with E-state index >= 15 is 0 Å². The zero-order valence-electron chi connectivity index (χ0n) is 13.7. The minimum atomic E-state index is -0.400. The molecule has 1 aromatic carbocycles. The molecule has 24 heavy (non-hydrogen) atoms. The largest absolute Gasteiger partial charge is 0.495 e. The van der Waals surface area contributed by atoms with Crippen LogP contribution in [0.25, 0.3) is 0 Å². The molecule has 6 nitrogen and oxygen atoms in total. The van der Waals surface area contributed by atoms with Gasteiger partial charge in [-0.25, -0.2) is 0 Å². The number of anilines is 2. The summed E-state index contributed by atoms with van der Waals surface area (Å²) in [7, 11) is 1.57. The Balaban J connectivity index is 1.76. The number of aryl methyl sites for hydroxylation is 1. The standard InChI is InChI=1S/C18H19N3O3/c1-12-5-6-16(24-2)15(8-12)21-11-13(9-17(21)22)18(23)20-14-4-3-7-19-10-14/h3-8,10,13H,9,11H2,1-2H3,(H,20,23). The number of carbonyl (C=O) groups is 2. The first-order chi connectivity index (χ1) is 11.6. The molecular weight excluding hydrogens is 306 g/mol. The Morgan fingerprint density at radius 1 is 1.38 bits per heavy atom. The number of aromatic nitrogens is 1. The van der Waals surface area contributed by atoms with Crippen molar-refractivity contribution in [2.24, 2.45) is 5.92 Å². The molecule has 0 bridgehead atoms. The number of pyridine rings is 1. The monoisotopic (exact) mass is 325 g/mol. The highest BCUT2D eigenvalue weighted by Gasteiger charge is 2.36. The molecule has 3 rings (SSSR count). The summed E-state index contributed by atoms with van der Waals surface area (Å²) in [5.41, 5.74) is 2.36. The van der Waals surface area contributed by atoms with Crippen LogP contribution in [-0.4, -0.2) is 30.5 Å². The number of amides is 2.